The number of aliphatic hydroxyl groups excluding tert-OH is 1. The Balaban J connectivity index is 2.60. The van der Waals surface area contributed by atoms with Crippen molar-refractivity contribution in [3.05, 3.63) is 24.2 Å². The lowest BCUT2D eigenvalue weighted by atomic mass is 10.2. The first kappa shape index (κ1) is 7.24. The first-order valence-electron chi connectivity index (χ1n) is 3.64. The quantitative estimate of drug-likeness (QED) is 0.689. The van der Waals surface area contributed by atoms with Gasteiger partial charge in [0, 0.05) is 11.8 Å². The minimum Gasteiger partial charge on any atom is -0.425 e. The highest BCUT2D eigenvalue weighted by Gasteiger charge is 2.04. The van der Waals surface area contributed by atoms with Crippen molar-refractivity contribution in [2.75, 3.05) is 0 Å². The van der Waals surface area contributed by atoms with Gasteiger partial charge in [0.2, 0.25) is 5.71 Å². The summed E-state index contributed by atoms with van der Waals surface area (Å²) in [6.45, 7) is 1.68. The normalized spacial score (nSPS) is 13.5. The van der Waals surface area contributed by atoms with E-state index in [1.165, 1.54) is 6.39 Å². The van der Waals surface area contributed by atoms with Crippen LogP contribution >= 0.6 is 0 Å². The second kappa shape index (κ2) is 2.57. The summed E-state index contributed by atoms with van der Waals surface area (Å²) in [4.78, 5) is 7.89. The molecule has 0 amide bonds. The standard InChI is InChI=1S/C8H8N2O2/c1-5(11)6-2-7-8(9-3-6)12-4-10-7/h2-5,11H,1H3. The Bertz CT molecular complexity index is 395. The van der Waals surface area contributed by atoms with Crippen LogP contribution in [-0.4, -0.2) is 15.1 Å². The molecule has 0 bridgehead atoms. The van der Waals surface area contributed by atoms with Crippen LogP contribution in [0.25, 0.3) is 11.2 Å². The molecule has 0 spiro atoms. The molecule has 12 heavy (non-hydrogen) atoms. The van der Waals surface area contributed by atoms with Crippen molar-refractivity contribution in [3.8, 4) is 0 Å². The van der Waals surface area contributed by atoms with E-state index in [-0.39, 0.29) is 0 Å². The van der Waals surface area contributed by atoms with Gasteiger partial charge in [-0.2, -0.15) is 0 Å². The van der Waals surface area contributed by atoms with Gasteiger partial charge in [-0.05, 0) is 13.0 Å². The minimum atomic E-state index is -0.515. The maximum Gasteiger partial charge on any atom is 0.246 e. The third-order valence-electron chi connectivity index (χ3n) is 1.69. The fourth-order valence-corrected chi connectivity index (χ4v) is 1.00. The van der Waals surface area contributed by atoms with E-state index in [1.807, 2.05) is 0 Å². The van der Waals surface area contributed by atoms with E-state index in [0.29, 0.717) is 11.2 Å². The van der Waals surface area contributed by atoms with Gasteiger partial charge < -0.3 is 9.52 Å². The second-order valence-corrected chi connectivity index (χ2v) is 2.62. The van der Waals surface area contributed by atoms with Gasteiger partial charge >= 0.3 is 0 Å². The molecule has 0 saturated carbocycles. The molecular formula is C8H8N2O2. The van der Waals surface area contributed by atoms with E-state index in [1.54, 1.807) is 19.2 Å². The number of pyridine rings is 1. The average molecular weight is 164 g/mol. The van der Waals surface area contributed by atoms with Crippen LogP contribution in [0, 0.1) is 0 Å². The summed E-state index contributed by atoms with van der Waals surface area (Å²) in [5.41, 5.74) is 1.92. The molecule has 2 rings (SSSR count). The van der Waals surface area contributed by atoms with Crippen LogP contribution in [0.15, 0.2) is 23.1 Å². The first-order valence-corrected chi connectivity index (χ1v) is 3.64. The molecule has 0 aliphatic heterocycles. The smallest absolute Gasteiger partial charge is 0.246 e. The van der Waals surface area contributed by atoms with Crippen molar-refractivity contribution in [3.63, 3.8) is 0 Å². The van der Waals surface area contributed by atoms with Gasteiger partial charge in [0.15, 0.2) is 6.39 Å². The van der Waals surface area contributed by atoms with Gasteiger partial charge in [-0.3, -0.25) is 0 Å². The van der Waals surface area contributed by atoms with E-state index < -0.39 is 6.10 Å². The number of fused-ring (bicyclic) bond motifs is 1. The molecule has 4 nitrogen and oxygen atoms in total. The number of hydrogen-bond acceptors (Lipinski definition) is 4. The zero-order chi connectivity index (χ0) is 8.55. The fraction of sp³-hybridized carbons (Fsp3) is 0.250. The lowest BCUT2D eigenvalue weighted by Crippen LogP contribution is -1.91. The molecule has 0 saturated heterocycles. The first-order chi connectivity index (χ1) is 5.77. The summed E-state index contributed by atoms with van der Waals surface area (Å²) in [6.07, 6.45) is 2.40. The van der Waals surface area contributed by atoms with Crippen molar-refractivity contribution in [2.45, 2.75) is 13.0 Å². The molecule has 2 heterocycles. The summed E-state index contributed by atoms with van der Waals surface area (Å²) >= 11 is 0. The summed E-state index contributed by atoms with van der Waals surface area (Å²) in [5, 5.41) is 9.22. The van der Waals surface area contributed by atoms with Crippen molar-refractivity contribution >= 4 is 11.2 Å². The van der Waals surface area contributed by atoms with E-state index in [4.69, 9.17) is 4.42 Å². The molecular weight excluding hydrogens is 156 g/mol. The molecule has 0 fully saturated rings. The van der Waals surface area contributed by atoms with Crippen LogP contribution < -0.4 is 0 Å². The molecule has 1 atom stereocenters. The lowest BCUT2D eigenvalue weighted by molar-refractivity contribution is 0.199. The van der Waals surface area contributed by atoms with E-state index in [9.17, 15) is 5.11 Å². The Morgan fingerprint density at radius 2 is 2.33 bits per heavy atom. The number of rotatable bonds is 1. The number of aromatic nitrogens is 2. The van der Waals surface area contributed by atoms with Gasteiger partial charge in [0.25, 0.3) is 0 Å². The largest absolute Gasteiger partial charge is 0.425 e. The van der Waals surface area contributed by atoms with Crippen LogP contribution in [0.5, 0.6) is 0 Å². The lowest BCUT2D eigenvalue weighted by Gasteiger charge is -2.01. The van der Waals surface area contributed by atoms with Gasteiger partial charge in [-0.15, -0.1) is 0 Å². The van der Waals surface area contributed by atoms with Crippen molar-refractivity contribution in [2.24, 2.45) is 0 Å². The van der Waals surface area contributed by atoms with Gasteiger partial charge in [-0.25, -0.2) is 9.97 Å². The van der Waals surface area contributed by atoms with E-state index >= 15 is 0 Å². The topological polar surface area (TPSA) is 59.2 Å². The van der Waals surface area contributed by atoms with Crippen molar-refractivity contribution < 1.29 is 9.52 Å². The third-order valence-corrected chi connectivity index (χ3v) is 1.69. The number of aliphatic hydroxyl groups is 1. The molecule has 2 aromatic rings. The molecule has 2 aromatic heterocycles. The van der Waals surface area contributed by atoms with Gasteiger partial charge in [-0.1, -0.05) is 0 Å². The summed E-state index contributed by atoms with van der Waals surface area (Å²) in [7, 11) is 0. The minimum absolute atomic E-state index is 0.499. The maximum absolute atomic E-state index is 9.22. The Morgan fingerprint density at radius 3 is 3.08 bits per heavy atom. The monoisotopic (exact) mass is 164 g/mol. The average Bonchev–Trinajstić information content (AvgIpc) is 2.49. The highest BCUT2D eigenvalue weighted by molar-refractivity contribution is 5.67. The SMILES string of the molecule is CC(O)c1cnc2ocnc2c1. The Kier molecular flexibility index (Phi) is 1.55. The van der Waals surface area contributed by atoms with Crippen molar-refractivity contribution in [1.82, 2.24) is 9.97 Å². The Labute approximate surface area is 68.9 Å². The predicted molar refractivity (Wildman–Crippen MR) is 42.4 cm³/mol. The van der Waals surface area contributed by atoms with Crippen LogP contribution in [0.3, 0.4) is 0 Å². The van der Waals surface area contributed by atoms with Crippen LogP contribution in [-0.2, 0) is 0 Å². The number of oxazole rings is 1. The molecule has 4 heteroatoms. The van der Waals surface area contributed by atoms with E-state index in [2.05, 4.69) is 9.97 Å². The number of hydrogen-bond donors (Lipinski definition) is 1. The summed E-state index contributed by atoms with van der Waals surface area (Å²) in [5.74, 6) is 0. The van der Waals surface area contributed by atoms with Crippen molar-refractivity contribution in [1.29, 1.82) is 0 Å². The van der Waals surface area contributed by atoms with Crippen LogP contribution in [0.2, 0.25) is 0 Å². The molecule has 62 valence electrons. The van der Waals surface area contributed by atoms with Crippen LogP contribution in [0.1, 0.15) is 18.6 Å². The van der Waals surface area contributed by atoms with Gasteiger partial charge in [0.05, 0.1) is 6.10 Å². The predicted octanol–water partition coefficient (Wildman–Crippen LogP) is 1.28. The second-order valence-electron chi connectivity index (χ2n) is 2.62. The van der Waals surface area contributed by atoms with Crippen LogP contribution in [0.4, 0.5) is 0 Å². The maximum atomic E-state index is 9.22. The zero-order valence-corrected chi connectivity index (χ0v) is 6.56. The third kappa shape index (κ3) is 1.06. The molecule has 1 unspecified atom stereocenters. The molecule has 0 radical (unpaired) electrons. The number of nitrogens with zero attached hydrogens (tertiary/aromatic N) is 2. The Hall–Kier alpha value is -1.42. The van der Waals surface area contributed by atoms with Gasteiger partial charge in [0.1, 0.15) is 5.52 Å². The fourth-order valence-electron chi connectivity index (χ4n) is 1.00. The molecule has 0 aliphatic carbocycles. The molecule has 0 aliphatic rings. The molecule has 1 N–H and O–H groups in total. The summed E-state index contributed by atoms with van der Waals surface area (Å²) < 4.78 is 4.95. The zero-order valence-electron chi connectivity index (χ0n) is 6.56. The van der Waals surface area contributed by atoms with E-state index in [0.717, 1.165) is 5.56 Å². The molecule has 0 aromatic carbocycles. The highest BCUT2D eigenvalue weighted by Crippen LogP contribution is 2.15. The highest BCUT2D eigenvalue weighted by atomic mass is 16.3. The summed E-state index contributed by atoms with van der Waals surface area (Å²) in [6, 6.07) is 1.76. The Morgan fingerprint density at radius 1 is 1.50 bits per heavy atom.